The van der Waals surface area contributed by atoms with E-state index in [0.717, 1.165) is 6.67 Å². The summed E-state index contributed by atoms with van der Waals surface area (Å²) in [5.74, 6) is 0. The second-order valence-electron chi connectivity index (χ2n) is 12.3. The Balaban J connectivity index is 1.75. The molecular formula is C35H70N2. The van der Waals surface area contributed by atoms with Crippen LogP contribution in [0.5, 0.6) is 0 Å². The molecule has 0 radical (unpaired) electrons. The summed E-state index contributed by atoms with van der Waals surface area (Å²) in [4.78, 5) is 5.06. The van der Waals surface area contributed by atoms with Gasteiger partial charge in [0.1, 0.15) is 0 Å². The first-order valence-electron chi connectivity index (χ1n) is 17.5. The van der Waals surface area contributed by atoms with Crippen molar-refractivity contribution < 1.29 is 0 Å². The van der Waals surface area contributed by atoms with Crippen LogP contribution in [0.3, 0.4) is 0 Å². The Hall–Kier alpha value is -0.660. The Labute approximate surface area is 235 Å². The molecule has 1 heterocycles. The van der Waals surface area contributed by atoms with Crippen LogP contribution in [-0.4, -0.2) is 29.6 Å². The SMILES string of the molecule is CCCCCCCCCCCCCCCCCN1C=CN(CCCCCCCCCCCCCCC)C1. The summed E-state index contributed by atoms with van der Waals surface area (Å²) in [6, 6.07) is 0. The molecule has 1 aliphatic heterocycles. The molecule has 2 nitrogen and oxygen atoms in total. The van der Waals surface area contributed by atoms with Crippen molar-refractivity contribution in [1.29, 1.82) is 0 Å². The van der Waals surface area contributed by atoms with Crippen LogP contribution >= 0.6 is 0 Å². The Bertz CT molecular complexity index is 460. The maximum Gasteiger partial charge on any atom is 0.0893 e. The minimum Gasteiger partial charge on any atom is -0.359 e. The molecule has 0 aromatic carbocycles. The van der Waals surface area contributed by atoms with Gasteiger partial charge in [-0.05, 0) is 12.8 Å². The van der Waals surface area contributed by atoms with Gasteiger partial charge in [0.2, 0.25) is 0 Å². The lowest BCUT2D eigenvalue weighted by atomic mass is 10.0. The van der Waals surface area contributed by atoms with Crippen molar-refractivity contribution in [2.75, 3.05) is 19.8 Å². The van der Waals surface area contributed by atoms with E-state index < -0.39 is 0 Å². The van der Waals surface area contributed by atoms with Crippen molar-refractivity contribution >= 4 is 0 Å². The number of hydrogen-bond acceptors (Lipinski definition) is 2. The predicted molar refractivity (Wildman–Crippen MR) is 168 cm³/mol. The highest BCUT2D eigenvalue weighted by atomic mass is 15.3. The van der Waals surface area contributed by atoms with Gasteiger partial charge in [0, 0.05) is 25.5 Å². The summed E-state index contributed by atoms with van der Waals surface area (Å²) in [5, 5.41) is 0. The molecule has 0 aromatic heterocycles. The quantitative estimate of drug-likeness (QED) is 0.0872. The molecule has 0 saturated carbocycles. The fourth-order valence-corrected chi connectivity index (χ4v) is 5.83. The molecule has 220 valence electrons. The van der Waals surface area contributed by atoms with Gasteiger partial charge in [0.25, 0.3) is 0 Å². The molecule has 0 saturated heterocycles. The van der Waals surface area contributed by atoms with Gasteiger partial charge in [0.15, 0.2) is 0 Å². The number of unbranched alkanes of at least 4 members (excludes halogenated alkanes) is 26. The first-order valence-corrected chi connectivity index (χ1v) is 17.5. The molecule has 2 heteroatoms. The summed E-state index contributed by atoms with van der Waals surface area (Å²) in [6.45, 7) is 8.25. The average Bonchev–Trinajstić information content (AvgIpc) is 3.36. The van der Waals surface area contributed by atoms with Crippen LogP contribution in [0.25, 0.3) is 0 Å². The topological polar surface area (TPSA) is 6.48 Å². The molecule has 0 aliphatic carbocycles. The summed E-state index contributed by atoms with van der Waals surface area (Å²) in [5.41, 5.74) is 0. The number of hydrogen-bond donors (Lipinski definition) is 0. The third-order valence-corrected chi connectivity index (χ3v) is 8.45. The molecule has 37 heavy (non-hydrogen) atoms. The van der Waals surface area contributed by atoms with Crippen LogP contribution in [0.1, 0.15) is 194 Å². The summed E-state index contributed by atoms with van der Waals surface area (Å²) < 4.78 is 0. The minimum absolute atomic E-state index is 1.14. The normalized spacial score (nSPS) is 13.4. The van der Waals surface area contributed by atoms with Gasteiger partial charge in [-0.25, -0.2) is 0 Å². The summed E-state index contributed by atoms with van der Waals surface area (Å²) in [7, 11) is 0. The maximum absolute atomic E-state index is 2.53. The molecule has 0 spiro atoms. The monoisotopic (exact) mass is 519 g/mol. The highest BCUT2D eigenvalue weighted by Gasteiger charge is 2.11. The zero-order valence-electron chi connectivity index (χ0n) is 26.0. The van der Waals surface area contributed by atoms with E-state index in [-0.39, 0.29) is 0 Å². The average molecular weight is 519 g/mol. The maximum atomic E-state index is 2.53. The Morgan fingerprint density at radius 3 is 0.784 bits per heavy atom. The molecule has 1 rings (SSSR count). The first-order chi connectivity index (χ1) is 18.4. The van der Waals surface area contributed by atoms with Gasteiger partial charge in [-0.2, -0.15) is 0 Å². The van der Waals surface area contributed by atoms with Crippen LogP contribution < -0.4 is 0 Å². The van der Waals surface area contributed by atoms with Gasteiger partial charge in [-0.1, -0.05) is 181 Å². The highest BCUT2D eigenvalue weighted by Crippen LogP contribution is 2.16. The third kappa shape index (κ3) is 24.1. The smallest absolute Gasteiger partial charge is 0.0893 e. The van der Waals surface area contributed by atoms with Crippen molar-refractivity contribution in [1.82, 2.24) is 9.80 Å². The van der Waals surface area contributed by atoms with Crippen LogP contribution in [0, 0.1) is 0 Å². The third-order valence-electron chi connectivity index (χ3n) is 8.45. The van der Waals surface area contributed by atoms with Gasteiger partial charge in [0.05, 0.1) is 6.67 Å². The van der Waals surface area contributed by atoms with Crippen LogP contribution in [0.2, 0.25) is 0 Å². The zero-order chi connectivity index (χ0) is 26.5. The zero-order valence-corrected chi connectivity index (χ0v) is 26.0. The highest BCUT2D eigenvalue weighted by molar-refractivity contribution is 4.90. The second kappa shape index (κ2) is 28.4. The van der Waals surface area contributed by atoms with Crippen molar-refractivity contribution in [2.45, 2.75) is 194 Å². The van der Waals surface area contributed by atoms with Crippen LogP contribution in [0.4, 0.5) is 0 Å². The van der Waals surface area contributed by atoms with Crippen molar-refractivity contribution in [3.05, 3.63) is 12.4 Å². The molecule has 0 aromatic rings. The van der Waals surface area contributed by atoms with Crippen LogP contribution in [-0.2, 0) is 0 Å². The summed E-state index contributed by atoms with van der Waals surface area (Å²) in [6.07, 6.45) is 45.2. The van der Waals surface area contributed by atoms with E-state index in [2.05, 4.69) is 36.0 Å². The van der Waals surface area contributed by atoms with E-state index in [1.807, 2.05) is 0 Å². The standard InChI is InChI=1S/C35H70N2/c1-3-5-7-9-11-13-15-17-18-20-22-24-26-28-30-32-37-34-33-36(35-37)31-29-27-25-23-21-19-16-14-12-10-8-6-4-2/h33-34H,3-32,35H2,1-2H3. The van der Waals surface area contributed by atoms with Crippen LogP contribution in [0.15, 0.2) is 12.4 Å². The van der Waals surface area contributed by atoms with E-state index in [4.69, 9.17) is 0 Å². The largest absolute Gasteiger partial charge is 0.359 e. The van der Waals surface area contributed by atoms with Crippen molar-refractivity contribution in [2.24, 2.45) is 0 Å². The summed E-state index contributed by atoms with van der Waals surface area (Å²) >= 11 is 0. The second-order valence-corrected chi connectivity index (χ2v) is 12.3. The van der Waals surface area contributed by atoms with Gasteiger partial charge in [-0.15, -0.1) is 0 Å². The van der Waals surface area contributed by atoms with E-state index in [9.17, 15) is 0 Å². The fraction of sp³-hybridized carbons (Fsp3) is 0.943. The lowest BCUT2D eigenvalue weighted by Gasteiger charge is -2.21. The predicted octanol–water partition coefficient (Wildman–Crippen LogP) is 12.0. The number of nitrogens with zero attached hydrogens (tertiary/aromatic N) is 2. The van der Waals surface area contributed by atoms with Crippen molar-refractivity contribution in [3.63, 3.8) is 0 Å². The van der Waals surface area contributed by atoms with E-state index >= 15 is 0 Å². The molecule has 0 atom stereocenters. The lowest BCUT2D eigenvalue weighted by molar-refractivity contribution is 0.257. The fourth-order valence-electron chi connectivity index (χ4n) is 5.83. The molecule has 0 amide bonds. The molecule has 1 aliphatic rings. The molecule has 0 unspecified atom stereocenters. The molecule has 0 fully saturated rings. The number of rotatable bonds is 30. The van der Waals surface area contributed by atoms with E-state index in [1.54, 1.807) is 0 Å². The molecule has 0 N–H and O–H groups in total. The Kier molecular flexibility index (Phi) is 26.3. The van der Waals surface area contributed by atoms with Crippen molar-refractivity contribution in [3.8, 4) is 0 Å². The lowest BCUT2D eigenvalue weighted by Crippen LogP contribution is -2.26. The van der Waals surface area contributed by atoms with E-state index in [0.29, 0.717) is 0 Å². The van der Waals surface area contributed by atoms with Gasteiger partial charge in [-0.3, -0.25) is 0 Å². The molecule has 0 bridgehead atoms. The minimum atomic E-state index is 1.14. The first kappa shape index (κ1) is 34.4. The van der Waals surface area contributed by atoms with E-state index in [1.165, 1.54) is 193 Å². The Morgan fingerprint density at radius 1 is 0.324 bits per heavy atom. The Morgan fingerprint density at radius 2 is 0.541 bits per heavy atom. The van der Waals surface area contributed by atoms with Gasteiger partial charge >= 0.3 is 0 Å². The molecular weight excluding hydrogens is 448 g/mol. The van der Waals surface area contributed by atoms with Gasteiger partial charge < -0.3 is 9.80 Å².